The van der Waals surface area contributed by atoms with Crippen LogP contribution in [0.25, 0.3) is 0 Å². The summed E-state index contributed by atoms with van der Waals surface area (Å²) in [5.74, 6) is -0.115. The van der Waals surface area contributed by atoms with Crippen molar-refractivity contribution in [2.24, 2.45) is 0 Å². The number of imide groups is 1. The number of carbonyl (C=O) groups excluding carboxylic acids is 2. The third-order valence-corrected chi connectivity index (χ3v) is 5.27. The van der Waals surface area contributed by atoms with E-state index >= 15 is 0 Å². The number of aromatic nitrogens is 1. The first-order chi connectivity index (χ1) is 14.1. The fourth-order valence-corrected chi connectivity index (χ4v) is 3.39. The van der Waals surface area contributed by atoms with Gasteiger partial charge < -0.3 is 14.8 Å². The molecule has 1 aromatic heterocycles. The monoisotopic (exact) mass is 421 g/mol. The lowest BCUT2D eigenvalue weighted by molar-refractivity contribution is -0.219. The molecule has 10 heteroatoms. The smallest absolute Gasteiger partial charge is 0.418 e. The summed E-state index contributed by atoms with van der Waals surface area (Å²) < 4.78 is 49.7. The lowest BCUT2D eigenvalue weighted by Crippen LogP contribution is -2.43. The van der Waals surface area contributed by atoms with E-state index < -0.39 is 23.9 Å². The van der Waals surface area contributed by atoms with E-state index in [4.69, 9.17) is 9.47 Å². The Balaban J connectivity index is 1.53. The molecule has 0 bridgehead atoms. The summed E-state index contributed by atoms with van der Waals surface area (Å²) in [7, 11) is 0. The molecule has 158 valence electrons. The maximum Gasteiger partial charge on any atom is 0.418 e. The number of benzene rings is 1. The zero-order valence-electron chi connectivity index (χ0n) is 16.1. The molecule has 7 nitrogen and oxygen atoms in total. The van der Waals surface area contributed by atoms with Crippen molar-refractivity contribution in [3.63, 3.8) is 0 Å². The van der Waals surface area contributed by atoms with Crippen molar-refractivity contribution in [3.05, 3.63) is 47.7 Å². The molecule has 0 radical (unpaired) electrons. The Hall–Kier alpha value is -3.14. The van der Waals surface area contributed by atoms with E-state index in [0.717, 1.165) is 4.90 Å². The molecule has 1 aromatic carbocycles. The molecule has 0 aliphatic carbocycles. The number of pyridine rings is 1. The summed E-state index contributed by atoms with van der Waals surface area (Å²) in [6, 6.07) is 6.69. The Morgan fingerprint density at radius 3 is 2.67 bits per heavy atom. The molecule has 2 aliphatic heterocycles. The summed E-state index contributed by atoms with van der Waals surface area (Å²) in [5.41, 5.74) is -0.254. The highest BCUT2D eigenvalue weighted by molar-refractivity contribution is 6.23. The van der Waals surface area contributed by atoms with Crippen LogP contribution in [0.5, 0.6) is 11.6 Å². The summed E-state index contributed by atoms with van der Waals surface area (Å²) in [6.07, 6.45) is -4.77. The Labute approximate surface area is 169 Å². The van der Waals surface area contributed by atoms with Crippen LogP contribution >= 0.6 is 0 Å². The van der Waals surface area contributed by atoms with Gasteiger partial charge in [-0.1, -0.05) is 13.0 Å². The number of urea groups is 1. The third kappa shape index (κ3) is 3.36. The van der Waals surface area contributed by atoms with Gasteiger partial charge in [-0.05, 0) is 42.7 Å². The minimum atomic E-state index is -4.51. The minimum Gasteiger partial charge on any atom is -0.439 e. The number of alkyl halides is 3. The van der Waals surface area contributed by atoms with Crippen LogP contribution in [0.1, 0.15) is 37.5 Å². The Bertz CT molecular complexity index is 1010. The van der Waals surface area contributed by atoms with Crippen LogP contribution in [0, 0.1) is 0 Å². The van der Waals surface area contributed by atoms with Gasteiger partial charge in [-0.2, -0.15) is 13.2 Å². The van der Waals surface area contributed by atoms with E-state index in [2.05, 4.69) is 10.3 Å². The van der Waals surface area contributed by atoms with Crippen molar-refractivity contribution in [2.75, 3.05) is 4.90 Å². The van der Waals surface area contributed by atoms with E-state index in [1.807, 2.05) is 0 Å². The number of nitrogens with one attached hydrogen (secondary N) is 1. The van der Waals surface area contributed by atoms with Crippen molar-refractivity contribution >= 4 is 17.6 Å². The summed E-state index contributed by atoms with van der Waals surface area (Å²) in [6.45, 7) is 3.32. The number of anilines is 1. The van der Waals surface area contributed by atoms with E-state index in [1.165, 1.54) is 36.5 Å². The average molecular weight is 421 g/mol. The van der Waals surface area contributed by atoms with Crippen LogP contribution < -0.4 is 15.0 Å². The zero-order chi connectivity index (χ0) is 21.7. The van der Waals surface area contributed by atoms with Crippen LogP contribution in [0.4, 0.5) is 23.7 Å². The van der Waals surface area contributed by atoms with Crippen LogP contribution in [0.15, 0.2) is 36.5 Å². The molecular formula is C20H18F3N3O4. The highest BCUT2D eigenvalue weighted by Crippen LogP contribution is 2.43. The Morgan fingerprint density at radius 1 is 1.30 bits per heavy atom. The molecule has 2 aliphatic rings. The molecule has 0 unspecified atom stereocenters. The van der Waals surface area contributed by atoms with Crippen LogP contribution in [0.3, 0.4) is 0 Å². The van der Waals surface area contributed by atoms with Crippen LogP contribution in [-0.2, 0) is 16.1 Å². The molecule has 1 N–H and O–H groups in total. The first kappa shape index (κ1) is 20.1. The second-order valence-corrected chi connectivity index (χ2v) is 7.31. The van der Waals surface area contributed by atoms with Gasteiger partial charge in [0, 0.05) is 6.07 Å². The number of halogens is 3. The van der Waals surface area contributed by atoms with Gasteiger partial charge in [-0.3, -0.25) is 4.79 Å². The molecule has 3 amide bonds. The number of fused-ring (bicyclic) bond motifs is 1. The van der Waals surface area contributed by atoms with Gasteiger partial charge >= 0.3 is 12.2 Å². The molecule has 2 aromatic rings. The SMILES string of the molecule is CC[C@@]1(C)NC(=O)N(c2ccc(Oc3ccc4c(c3)[C@H](C(F)(F)F)OC4)nc2)C1=O. The minimum absolute atomic E-state index is 0.00908. The molecule has 4 rings (SSSR count). The van der Waals surface area contributed by atoms with Gasteiger partial charge in [-0.15, -0.1) is 0 Å². The largest absolute Gasteiger partial charge is 0.439 e. The van der Waals surface area contributed by atoms with Crippen molar-refractivity contribution in [2.45, 2.75) is 44.7 Å². The fourth-order valence-electron chi connectivity index (χ4n) is 3.39. The molecule has 30 heavy (non-hydrogen) atoms. The molecule has 2 atom stereocenters. The van der Waals surface area contributed by atoms with Gasteiger partial charge in [0.1, 0.15) is 11.3 Å². The highest BCUT2D eigenvalue weighted by Gasteiger charge is 2.47. The first-order valence-corrected chi connectivity index (χ1v) is 9.24. The number of hydrogen-bond donors (Lipinski definition) is 1. The molecule has 0 saturated carbocycles. The van der Waals surface area contributed by atoms with Gasteiger partial charge in [0.15, 0.2) is 6.10 Å². The average Bonchev–Trinajstić information content (AvgIpc) is 3.21. The quantitative estimate of drug-likeness (QED) is 0.748. The Kier molecular flexibility index (Phi) is 4.69. The molecular weight excluding hydrogens is 403 g/mol. The number of carbonyl (C=O) groups is 2. The van der Waals surface area contributed by atoms with Crippen molar-refractivity contribution < 1.29 is 32.2 Å². The number of rotatable bonds is 4. The third-order valence-electron chi connectivity index (χ3n) is 5.27. The van der Waals surface area contributed by atoms with E-state index in [9.17, 15) is 22.8 Å². The zero-order valence-corrected chi connectivity index (χ0v) is 16.1. The van der Waals surface area contributed by atoms with Gasteiger partial charge in [-0.25, -0.2) is 14.7 Å². The summed E-state index contributed by atoms with van der Waals surface area (Å²) in [4.78, 5) is 29.8. The van der Waals surface area contributed by atoms with Crippen LogP contribution in [0.2, 0.25) is 0 Å². The van der Waals surface area contributed by atoms with Crippen molar-refractivity contribution in [3.8, 4) is 11.6 Å². The van der Waals surface area contributed by atoms with E-state index in [-0.39, 0.29) is 35.4 Å². The van der Waals surface area contributed by atoms with Crippen LogP contribution in [-0.4, -0.2) is 28.6 Å². The number of hydrogen-bond acceptors (Lipinski definition) is 5. The maximum absolute atomic E-state index is 13.1. The molecule has 1 saturated heterocycles. The standard InChI is InChI=1S/C20H18F3N3O4/c1-3-19(2)17(27)26(18(28)25-19)12-5-7-15(24-9-12)30-13-6-4-11-10-29-16(14(11)8-13)20(21,22)23/h4-9,16H,3,10H2,1-2H3,(H,25,28)/t16-,19-/m1/s1. The second kappa shape index (κ2) is 6.98. The van der Waals surface area contributed by atoms with Crippen molar-refractivity contribution in [1.29, 1.82) is 0 Å². The maximum atomic E-state index is 13.1. The topological polar surface area (TPSA) is 80.8 Å². The lowest BCUT2D eigenvalue weighted by atomic mass is 9.99. The highest BCUT2D eigenvalue weighted by atomic mass is 19.4. The van der Waals surface area contributed by atoms with E-state index in [1.54, 1.807) is 13.8 Å². The lowest BCUT2D eigenvalue weighted by Gasteiger charge is -2.19. The van der Waals surface area contributed by atoms with Gasteiger partial charge in [0.2, 0.25) is 5.88 Å². The van der Waals surface area contributed by atoms with Gasteiger partial charge in [0.25, 0.3) is 5.91 Å². The first-order valence-electron chi connectivity index (χ1n) is 9.24. The summed E-state index contributed by atoms with van der Waals surface area (Å²) >= 11 is 0. The van der Waals surface area contributed by atoms with E-state index in [0.29, 0.717) is 12.0 Å². The predicted molar refractivity (Wildman–Crippen MR) is 99.1 cm³/mol. The second-order valence-electron chi connectivity index (χ2n) is 7.31. The van der Waals surface area contributed by atoms with Gasteiger partial charge in [0.05, 0.1) is 18.5 Å². The molecule has 1 fully saturated rings. The summed E-state index contributed by atoms with van der Waals surface area (Å²) in [5, 5.41) is 2.65. The number of nitrogens with zero attached hydrogens (tertiary/aromatic N) is 2. The van der Waals surface area contributed by atoms with Crippen molar-refractivity contribution in [1.82, 2.24) is 10.3 Å². The Morgan fingerprint density at radius 2 is 2.07 bits per heavy atom. The number of ether oxygens (including phenoxy) is 2. The predicted octanol–water partition coefficient (Wildman–Crippen LogP) is 4.23. The number of amides is 3. The molecule has 3 heterocycles. The normalized spacial score (nSPS) is 23.5. The molecule has 0 spiro atoms. The fraction of sp³-hybridized carbons (Fsp3) is 0.350.